The summed E-state index contributed by atoms with van der Waals surface area (Å²) >= 11 is 13.7. The van der Waals surface area contributed by atoms with E-state index in [2.05, 4.69) is 53.3 Å². The van der Waals surface area contributed by atoms with E-state index in [0.29, 0.717) is 55.3 Å². The number of nitrogens with zero attached hydrogens (tertiary/aromatic N) is 4. The number of aliphatic imine (C=N–C) groups is 1. The van der Waals surface area contributed by atoms with Crippen LogP contribution in [0.3, 0.4) is 0 Å². The molecule has 4 N–H and O–H groups in total. The number of aliphatic hydroxyl groups excluding tert-OH is 2. The zero-order valence-electron chi connectivity index (χ0n) is 41.2. The van der Waals surface area contributed by atoms with Crippen LogP contribution in [0.25, 0.3) is 11.1 Å². The van der Waals surface area contributed by atoms with E-state index in [-0.39, 0.29) is 65.4 Å². The first-order valence-electron chi connectivity index (χ1n) is 23.2. The van der Waals surface area contributed by atoms with Crippen molar-refractivity contribution in [3.63, 3.8) is 0 Å². The summed E-state index contributed by atoms with van der Waals surface area (Å²) in [6.07, 6.45) is 6.02. The van der Waals surface area contributed by atoms with Gasteiger partial charge in [0.05, 0.1) is 54.9 Å². The summed E-state index contributed by atoms with van der Waals surface area (Å²) in [5.41, 5.74) is 10.0. The first kappa shape index (κ1) is 55.2. The van der Waals surface area contributed by atoms with Gasteiger partial charge in [-0.05, 0) is 71.5 Å². The summed E-state index contributed by atoms with van der Waals surface area (Å²) in [6, 6.07) is 24.8. The van der Waals surface area contributed by atoms with Crippen molar-refractivity contribution in [3.05, 3.63) is 163 Å². The second kappa shape index (κ2) is 27.6. The molecule has 0 amide bonds. The molecule has 0 aliphatic heterocycles. The van der Waals surface area contributed by atoms with E-state index in [0.717, 1.165) is 44.5 Å². The van der Waals surface area contributed by atoms with Gasteiger partial charge in [0.1, 0.15) is 55.5 Å². The van der Waals surface area contributed by atoms with Crippen molar-refractivity contribution >= 4 is 41.4 Å². The van der Waals surface area contributed by atoms with Crippen LogP contribution >= 0.6 is 23.2 Å². The highest BCUT2D eigenvalue weighted by atomic mass is 35.5. The van der Waals surface area contributed by atoms with Crippen molar-refractivity contribution in [2.24, 2.45) is 4.99 Å². The van der Waals surface area contributed by atoms with E-state index in [1.54, 1.807) is 62.2 Å². The van der Waals surface area contributed by atoms with E-state index in [9.17, 15) is 25.1 Å². The molecule has 0 fully saturated rings. The van der Waals surface area contributed by atoms with Gasteiger partial charge in [0.2, 0.25) is 0 Å². The van der Waals surface area contributed by atoms with Gasteiger partial charge in [-0.3, -0.25) is 24.5 Å². The smallest absolute Gasteiger partial charge is 0.308 e. The third-order valence-electron chi connectivity index (χ3n) is 11.6. The number of carbonyl (C=O) groups is 2. The lowest BCUT2D eigenvalue weighted by Gasteiger charge is -2.19. The van der Waals surface area contributed by atoms with Crippen LogP contribution in [0.5, 0.6) is 23.0 Å². The third-order valence-corrected chi connectivity index (χ3v) is 12.2. The lowest BCUT2D eigenvalue weighted by molar-refractivity contribution is -0.143. The Balaban J connectivity index is 1.18. The fourth-order valence-electron chi connectivity index (χ4n) is 7.69. The van der Waals surface area contributed by atoms with Gasteiger partial charge in [0.15, 0.2) is 0 Å². The maximum absolute atomic E-state index is 11.7. The minimum atomic E-state index is -0.962. The number of pyridine rings is 2. The third kappa shape index (κ3) is 16.2. The number of carbonyl (C=O) groups excluding carboxylic acids is 2. The second-order valence-electron chi connectivity index (χ2n) is 17.0. The molecule has 4 aromatic carbocycles. The molecule has 0 radical (unpaired) electrons. The van der Waals surface area contributed by atoms with Crippen LogP contribution in [-0.4, -0.2) is 84.9 Å². The summed E-state index contributed by atoms with van der Waals surface area (Å²) in [5, 5.41) is 37.1. The summed E-state index contributed by atoms with van der Waals surface area (Å²) in [6.45, 7) is 5.54. The topological polar surface area (TPSA) is 216 Å². The maximum Gasteiger partial charge on any atom is 0.308 e. The average Bonchev–Trinajstić information content (AvgIpc) is 3.38. The number of rotatable bonds is 26. The molecule has 18 heteroatoms. The predicted molar refractivity (Wildman–Crippen MR) is 277 cm³/mol. The van der Waals surface area contributed by atoms with Crippen molar-refractivity contribution in [2.75, 3.05) is 34.4 Å². The molecule has 73 heavy (non-hydrogen) atoms. The lowest BCUT2D eigenvalue weighted by atomic mass is 9.92. The largest absolute Gasteiger partial charge is 0.488 e. The zero-order valence-corrected chi connectivity index (χ0v) is 42.8. The Morgan fingerprint density at radius 2 is 1.12 bits per heavy atom. The zero-order chi connectivity index (χ0) is 52.3. The molecule has 0 bridgehead atoms. The molecule has 0 saturated carbocycles. The number of aromatic nitrogens is 2. The minimum absolute atomic E-state index is 0.108. The van der Waals surface area contributed by atoms with E-state index < -0.39 is 24.1 Å². The van der Waals surface area contributed by atoms with E-state index in [1.165, 1.54) is 20.4 Å². The second-order valence-corrected chi connectivity index (χ2v) is 17.8. The Morgan fingerprint density at radius 1 is 0.658 bits per heavy atom. The molecular formula is C55H58Cl2N6O10. The van der Waals surface area contributed by atoms with Gasteiger partial charge in [0.25, 0.3) is 0 Å². The van der Waals surface area contributed by atoms with Crippen molar-refractivity contribution in [1.29, 1.82) is 5.26 Å². The van der Waals surface area contributed by atoms with Gasteiger partial charge in [-0.1, -0.05) is 59.6 Å². The highest BCUT2D eigenvalue weighted by Gasteiger charge is 2.19. The van der Waals surface area contributed by atoms with E-state index in [4.69, 9.17) is 42.1 Å². The summed E-state index contributed by atoms with van der Waals surface area (Å²) in [5.74, 6) is 0.729. The van der Waals surface area contributed by atoms with Gasteiger partial charge < -0.3 is 49.3 Å². The fourth-order valence-corrected chi connectivity index (χ4v) is 8.17. The van der Waals surface area contributed by atoms with Gasteiger partial charge in [0, 0.05) is 104 Å². The number of ether oxygens (including phenoxy) is 6. The van der Waals surface area contributed by atoms with Crippen molar-refractivity contribution in [1.82, 2.24) is 20.6 Å². The van der Waals surface area contributed by atoms with Crippen LogP contribution in [0.15, 0.2) is 103 Å². The monoisotopic (exact) mass is 1030 g/mol. The highest BCUT2D eigenvalue weighted by Crippen LogP contribution is 2.37. The molecule has 0 spiro atoms. The Hall–Kier alpha value is -7.10. The lowest BCUT2D eigenvalue weighted by Crippen LogP contribution is -2.28. The number of benzene rings is 4. The van der Waals surface area contributed by atoms with Gasteiger partial charge in [-0.25, -0.2) is 0 Å². The number of halogens is 2. The van der Waals surface area contributed by atoms with Crippen LogP contribution in [0.4, 0.5) is 0 Å². The summed E-state index contributed by atoms with van der Waals surface area (Å²) in [7, 11) is 4.23. The highest BCUT2D eigenvalue weighted by molar-refractivity contribution is 6.32. The van der Waals surface area contributed by atoms with Crippen LogP contribution in [-0.2, 0) is 58.6 Å². The van der Waals surface area contributed by atoms with Crippen LogP contribution in [0.2, 0.25) is 10.0 Å². The van der Waals surface area contributed by atoms with Gasteiger partial charge in [-0.2, -0.15) is 5.26 Å². The number of esters is 2. The number of hydrogen-bond acceptors (Lipinski definition) is 16. The van der Waals surface area contributed by atoms with Gasteiger partial charge >= 0.3 is 11.9 Å². The number of nitrogens with one attached hydrogen (secondary N) is 2. The maximum atomic E-state index is 11.7. The van der Waals surface area contributed by atoms with Crippen LogP contribution < -0.4 is 29.6 Å². The molecule has 2 unspecified atom stereocenters. The number of aliphatic hydroxyl groups is 2. The van der Waals surface area contributed by atoms with E-state index >= 15 is 0 Å². The Bertz CT molecular complexity index is 2930. The Kier molecular flexibility index (Phi) is 20.9. The van der Waals surface area contributed by atoms with Gasteiger partial charge in [-0.15, -0.1) is 0 Å². The molecule has 382 valence electrons. The normalized spacial score (nSPS) is 11.9. The van der Waals surface area contributed by atoms with Crippen molar-refractivity contribution in [2.45, 2.75) is 78.4 Å². The standard InChI is InChI=1S/C55H58Cl2N6O10/c1-34-40(32-72-52-18-50(70-30-38-12-36(20-58)22-60-24-38)42(14-48(52)56)26-62-28-44(64)16-54(66)68-4)8-6-10-46(34)47-11-7-9-41(35(47)2)33-73-53-19-51(71-31-39-13-37(21-59-3)23-61-25-39)43(15-49(53)57)27-63-29-45(65)17-55(67)69-5/h6-15,18-19,21-25,44-45,62-65H,16-17,26-33H2,1-5H3/b59-21+. The van der Waals surface area contributed by atoms with Crippen LogP contribution in [0.1, 0.15) is 68.5 Å². The first-order chi connectivity index (χ1) is 35.3. The van der Waals surface area contributed by atoms with Crippen molar-refractivity contribution < 1.29 is 48.2 Å². The molecule has 0 aliphatic rings. The van der Waals surface area contributed by atoms with Crippen LogP contribution in [0, 0.1) is 25.2 Å². The molecule has 16 nitrogen and oxygen atoms in total. The number of nitriles is 1. The average molecular weight is 1030 g/mol. The van der Waals surface area contributed by atoms with E-state index in [1.807, 2.05) is 44.2 Å². The number of hydrogen-bond donors (Lipinski definition) is 4. The Labute approximate surface area is 434 Å². The first-order valence-corrected chi connectivity index (χ1v) is 24.0. The quantitative estimate of drug-likeness (QED) is 0.0297. The summed E-state index contributed by atoms with van der Waals surface area (Å²) in [4.78, 5) is 35.9. The summed E-state index contributed by atoms with van der Waals surface area (Å²) < 4.78 is 34.8. The minimum Gasteiger partial charge on any atom is -0.488 e. The fraction of sp³-hybridized carbons (Fsp3) is 0.309. The predicted octanol–water partition coefficient (Wildman–Crippen LogP) is 8.33. The molecule has 6 rings (SSSR count). The molecule has 6 aromatic rings. The van der Waals surface area contributed by atoms with Crippen molar-refractivity contribution in [3.8, 4) is 40.2 Å². The number of methoxy groups -OCH3 is 2. The molecular weight excluding hydrogens is 976 g/mol. The molecule has 0 aliphatic carbocycles. The molecule has 2 atom stereocenters. The Morgan fingerprint density at radius 3 is 1.59 bits per heavy atom. The SMILES string of the molecule is C/N=C/c1cncc(COc2cc(OCc3cccc(-c4cccc(COc5cc(OCc6cncc(C#N)c6)c(CNCC(O)CC(=O)OC)cc5Cl)c4C)c3C)c(Cl)cc2CNCC(O)CC(=O)OC)c1. The molecule has 0 saturated heterocycles. The molecule has 2 aromatic heterocycles. The molecule has 2 heterocycles.